The van der Waals surface area contributed by atoms with Crippen molar-refractivity contribution in [2.75, 3.05) is 53.5 Å². The number of carbonyl (C=O) groups excluding carboxylic acids is 1. The first-order valence-corrected chi connectivity index (χ1v) is 10.4. The van der Waals surface area contributed by atoms with Crippen LogP contribution in [0.1, 0.15) is 31.7 Å². The monoisotopic (exact) mass is 388 g/mol. The molecule has 28 heavy (non-hydrogen) atoms. The van der Waals surface area contributed by atoms with Crippen LogP contribution in [0, 0.1) is 5.92 Å². The van der Waals surface area contributed by atoms with E-state index in [4.69, 9.17) is 4.74 Å². The molecule has 1 heterocycles. The molecule has 0 spiro atoms. The highest BCUT2D eigenvalue weighted by atomic mass is 16.5. The number of hydrogen-bond donors (Lipinski definition) is 1. The highest BCUT2D eigenvalue weighted by Gasteiger charge is 2.22. The Hall–Kier alpha value is -2.08. The highest BCUT2D eigenvalue weighted by Crippen LogP contribution is 2.21. The third-order valence-corrected chi connectivity index (χ3v) is 5.10. The molecule has 0 radical (unpaired) electrons. The van der Waals surface area contributed by atoms with E-state index in [1.165, 1.54) is 5.56 Å². The summed E-state index contributed by atoms with van der Waals surface area (Å²) in [5.74, 6) is 1.58. The van der Waals surface area contributed by atoms with Crippen LogP contribution in [0.4, 0.5) is 0 Å². The smallest absolute Gasteiger partial charge is 0.243 e. The van der Waals surface area contributed by atoms with Gasteiger partial charge in [0, 0.05) is 46.9 Å². The van der Waals surface area contributed by atoms with E-state index in [1.54, 1.807) is 19.0 Å². The van der Waals surface area contributed by atoms with Gasteiger partial charge in [-0.1, -0.05) is 30.3 Å². The second-order valence-electron chi connectivity index (χ2n) is 7.53. The van der Waals surface area contributed by atoms with Gasteiger partial charge in [-0.25, -0.2) is 4.99 Å². The van der Waals surface area contributed by atoms with Crippen molar-refractivity contribution in [2.45, 2.75) is 32.6 Å². The van der Waals surface area contributed by atoms with Gasteiger partial charge in [0.2, 0.25) is 5.91 Å². The Bertz CT molecular complexity index is 596. The molecule has 1 aliphatic heterocycles. The minimum atomic E-state index is 0.0209. The Kier molecular flexibility index (Phi) is 9.83. The van der Waals surface area contributed by atoms with Crippen molar-refractivity contribution in [3.63, 3.8) is 0 Å². The van der Waals surface area contributed by atoms with Crippen LogP contribution < -0.4 is 5.32 Å². The molecule has 1 aromatic carbocycles. The van der Waals surface area contributed by atoms with Crippen molar-refractivity contribution in [1.82, 2.24) is 15.1 Å². The minimum absolute atomic E-state index is 0.0209. The second kappa shape index (κ2) is 12.4. The zero-order valence-electron chi connectivity index (χ0n) is 17.7. The van der Waals surface area contributed by atoms with Gasteiger partial charge in [-0.15, -0.1) is 0 Å². The zero-order valence-corrected chi connectivity index (χ0v) is 17.7. The largest absolute Gasteiger partial charge is 0.382 e. The Balaban J connectivity index is 1.87. The lowest BCUT2D eigenvalue weighted by molar-refractivity contribution is -0.127. The molecule has 0 aliphatic carbocycles. The molecule has 1 aromatic rings. The molecule has 1 saturated heterocycles. The number of likely N-dealkylation sites (N-methyl/N-ethyl adjacent to an activating group) is 1. The number of amides is 1. The summed E-state index contributed by atoms with van der Waals surface area (Å²) in [6, 6.07) is 10.7. The fourth-order valence-corrected chi connectivity index (χ4v) is 3.37. The van der Waals surface area contributed by atoms with Crippen molar-refractivity contribution < 1.29 is 9.53 Å². The fourth-order valence-electron chi connectivity index (χ4n) is 3.37. The van der Waals surface area contributed by atoms with E-state index >= 15 is 0 Å². The molecule has 0 aromatic heterocycles. The molecule has 1 aliphatic rings. The van der Waals surface area contributed by atoms with Gasteiger partial charge in [0.25, 0.3) is 0 Å². The van der Waals surface area contributed by atoms with Gasteiger partial charge in [-0.2, -0.15) is 0 Å². The van der Waals surface area contributed by atoms with Gasteiger partial charge in [-0.3, -0.25) is 4.79 Å². The molecule has 0 bridgehead atoms. The minimum Gasteiger partial charge on any atom is -0.382 e. The van der Waals surface area contributed by atoms with Crippen molar-refractivity contribution in [2.24, 2.45) is 10.9 Å². The number of carbonyl (C=O) groups is 1. The molecule has 2 rings (SSSR count). The lowest BCUT2D eigenvalue weighted by Gasteiger charge is -2.34. The Morgan fingerprint density at radius 1 is 1.25 bits per heavy atom. The molecule has 156 valence electrons. The Morgan fingerprint density at radius 2 is 1.96 bits per heavy atom. The number of ether oxygens (including phenoxy) is 1. The highest BCUT2D eigenvalue weighted by molar-refractivity contribution is 5.84. The van der Waals surface area contributed by atoms with Gasteiger partial charge >= 0.3 is 0 Å². The van der Waals surface area contributed by atoms with Crippen LogP contribution in [0.25, 0.3) is 0 Å². The number of nitrogens with zero attached hydrogens (tertiary/aromatic N) is 3. The van der Waals surface area contributed by atoms with Gasteiger partial charge in [0.15, 0.2) is 5.96 Å². The van der Waals surface area contributed by atoms with Crippen molar-refractivity contribution >= 4 is 11.9 Å². The van der Waals surface area contributed by atoms with Crippen molar-refractivity contribution in [3.05, 3.63) is 35.9 Å². The summed E-state index contributed by atoms with van der Waals surface area (Å²) >= 11 is 0. The lowest BCUT2D eigenvalue weighted by atomic mass is 9.90. The Labute approximate surface area is 170 Å². The summed E-state index contributed by atoms with van der Waals surface area (Å²) in [6.45, 7) is 6.44. The van der Waals surface area contributed by atoms with E-state index in [-0.39, 0.29) is 12.5 Å². The van der Waals surface area contributed by atoms with Gasteiger partial charge < -0.3 is 19.9 Å². The van der Waals surface area contributed by atoms with Crippen LogP contribution in [-0.4, -0.2) is 75.2 Å². The molecule has 6 heteroatoms. The van der Waals surface area contributed by atoms with Gasteiger partial charge in [0.1, 0.15) is 6.54 Å². The van der Waals surface area contributed by atoms with Crippen molar-refractivity contribution in [3.8, 4) is 0 Å². The Morgan fingerprint density at radius 3 is 2.61 bits per heavy atom. The average Bonchev–Trinajstić information content (AvgIpc) is 2.71. The molecular weight excluding hydrogens is 352 g/mol. The van der Waals surface area contributed by atoms with Crippen LogP contribution in [0.15, 0.2) is 35.3 Å². The first-order chi connectivity index (χ1) is 13.6. The maximum atomic E-state index is 12.0. The number of aliphatic imine (C=N–C) groups is 1. The fraction of sp³-hybridized carbons (Fsp3) is 0.636. The standard InChI is InChI=1S/C22H36N4O2/c1-4-28-16-8-13-23-22(24-18-21(27)25(2)3)26-14-11-20(12-15-26)17-19-9-6-5-7-10-19/h5-7,9-10,20H,4,8,11-18H2,1-3H3,(H,23,24). The average molecular weight is 389 g/mol. The summed E-state index contributed by atoms with van der Waals surface area (Å²) in [7, 11) is 3.53. The first kappa shape index (κ1) is 22.2. The third kappa shape index (κ3) is 7.89. The number of hydrogen-bond acceptors (Lipinski definition) is 3. The first-order valence-electron chi connectivity index (χ1n) is 10.4. The SMILES string of the molecule is CCOCCCNC(=NCC(=O)N(C)C)N1CCC(Cc2ccccc2)CC1. The van der Waals surface area contributed by atoms with E-state index in [9.17, 15) is 4.79 Å². The number of likely N-dealkylation sites (tertiary alicyclic amines) is 1. The lowest BCUT2D eigenvalue weighted by Crippen LogP contribution is -2.46. The second-order valence-corrected chi connectivity index (χ2v) is 7.53. The molecule has 6 nitrogen and oxygen atoms in total. The molecular formula is C22H36N4O2. The predicted octanol–water partition coefficient (Wildman–Crippen LogP) is 2.40. The molecule has 1 N–H and O–H groups in total. The van der Waals surface area contributed by atoms with Crippen LogP contribution in [0.2, 0.25) is 0 Å². The molecule has 1 fully saturated rings. The maximum absolute atomic E-state index is 12.0. The molecule has 0 saturated carbocycles. The maximum Gasteiger partial charge on any atom is 0.243 e. The topological polar surface area (TPSA) is 57.2 Å². The molecule has 0 unspecified atom stereocenters. The predicted molar refractivity (Wildman–Crippen MR) is 115 cm³/mol. The van der Waals surface area contributed by atoms with Crippen LogP contribution in [-0.2, 0) is 16.0 Å². The van der Waals surface area contributed by atoms with E-state index in [0.29, 0.717) is 5.92 Å². The molecule has 0 atom stereocenters. The third-order valence-electron chi connectivity index (χ3n) is 5.10. The summed E-state index contributed by atoms with van der Waals surface area (Å²) in [4.78, 5) is 20.4. The van der Waals surface area contributed by atoms with Crippen LogP contribution in [0.3, 0.4) is 0 Å². The summed E-state index contributed by atoms with van der Waals surface area (Å²) in [5, 5.41) is 3.43. The summed E-state index contributed by atoms with van der Waals surface area (Å²) < 4.78 is 5.41. The van der Waals surface area contributed by atoms with E-state index in [0.717, 1.165) is 64.5 Å². The number of rotatable bonds is 9. The zero-order chi connectivity index (χ0) is 20.2. The van der Waals surface area contributed by atoms with E-state index < -0.39 is 0 Å². The van der Waals surface area contributed by atoms with Crippen LogP contribution >= 0.6 is 0 Å². The number of guanidine groups is 1. The van der Waals surface area contributed by atoms with Gasteiger partial charge in [-0.05, 0) is 44.1 Å². The number of benzene rings is 1. The summed E-state index contributed by atoms with van der Waals surface area (Å²) in [5.41, 5.74) is 1.42. The quantitative estimate of drug-likeness (QED) is 0.401. The number of nitrogens with one attached hydrogen (secondary N) is 1. The number of piperidine rings is 1. The van der Waals surface area contributed by atoms with Crippen LogP contribution in [0.5, 0.6) is 0 Å². The van der Waals surface area contributed by atoms with E-state index in [2.05, 4.69) is 45.5 Å². The molecule has 1 amide bonds. The van der Waals surface area contributed by atoms with Crippen molar-refractivity contribution in [1.29, 1.82) is 0 Å². The normalized spacial score (nSPS) is 15.5. The summed E-state index contributed by atoms with van der Waals surface area (Å²) in [6.07, 6.45) is 4.37. The van der Waals surface area contributed by atoms with E-state index in [1.807, 2.05) is 6.92 Å². The van der Waals surface area contributed by atoms with Gasteiger partial charge in [0.05, 0.1) is 0 Å².